The molecule has 0 aliphatic heterocycles. The third-order valence-corrected chi connectivity index (χ3v) is 3.98. The largest absolute Gasteiger partial charge is 0.497 e. The summed E-state index contributed by atoms with van der Waals surface area (Å²) < 4.78 is 19.7. The summed E-state index contributed by atoms with van der Waals surface area (Å²) in [4.78, 5) is 7.99. The maximum atomic E-state index is 13.5. The van der Waals surface area contributed by atoms with Gasteiger partial charge in [0, 0.05) is 0 Å². The molecule has 23 heavy (non-hydrogen) atoms. The molecule has 0 atom stereocenters. The van der Waals surface area contributed by atoms with Gasteiger partial charge in [-0.15, -0.1) is 11.3 Å². The second kappa shape index (κ2) is 6.46. The third-order valence-electron chi connectivity index (χ3n) is 3.00. The molecule has 6 heteroatoms. The van der Waals surface area contributed by atoms with Gasteiger partial charge in [-0.25, -0.2) is 9.97 Å². The third kappa shape index (κ3) is 3.47. The fourth-order valence-electron chi connectivity index (χ4n) is 1.89. The second-order valence-corrected chi connectivity index (χ2v) is 5.63. The van der Waals surface area contributed by atoms with Crippen molar-refractivity contribution in [3.63, 3.8) is 0 Å². The van der Waals surface area contributed by atoms with E-state index in [1.165, 1.54) is 23.5 Å². The number of hydrogen-bond donors (Lipinski definition) is 1. The lowest BCUT2D eigenvalue weighted by Crippen LogP contribution is -1.94. The Balaban J connectivity index is 1.79. The lowest BCUT2D eigenvalue weighted by Gasteiger charge is -1.96. The molecule has 0 aliphatic carbocycles. The van der Waals surface area contributed by atoms with Crippen molar-refractivity contribution in [1.82, 2.24) is 9.97 Å². The minimum absolute atomic E-state index is 0.133. The molecule has 0 radical (unpaired) electrons. The Morgan fingerprint density at radius 1 is 1.26 bits per heavy atom. The molecule has 0 bridgehead atoms. The summed E-state index contributed by atoms with van der Waals surface area (Å²) in [5, 5.41) is 0.818. The molecule has 2 aromatic heterocycles. The number of anilines is 1. The molecule has 0 unspecified atom stereocenters. The summed E-state index contributed by atoms with van der Waals surface area (Å²) in [5.74, 6) is 5.72. The quantitative estimate of drug-likeness (QED) is 0.579. The highest BCUT2D eigenvalue weighted by molar-refractivity contribution is 7.19. The van der Waals surface area contributed by atoms with Gasteiger partial charge in [0.15, 0.2) is 0 Å². The van der Waals surface area contributed by atoms with Gasteiger partial charge in [-0.05, 0) is 42.5 Å². The average Bonchev–Trinajstić information content (AvgIpc) is 2.94. The molecule has 0 fully saturated rings. The van der Waals surface area contributed by atoms with Gasteiger partial charge >= 0.3 is 0 Å². The van der Waals surface area contributed by atoms with Crippen molar-refractivity contribution in [2.45, 2.75) is 0 Å². The zero-order valence-corrected chi connectivity index (χ0v) is 13.0. The van der Waals surface area contributed by atoms with Crippen LogP contribution in [0.2, 0.25) is 0 Å². The van der Waals surface area contributed by atoms with Crippen LogP contribution in [-0.4, -0.2) is 17.1 Å². The maximum Gasteiger partial charge on any atom is 0.230 e. The fourth-order valence-corrected chi connectivity index (χ4v) is 2.79. The summed E-state index contributed by atoms with van der Waals surface area (Å²) in [5.41, 5.74) is 6.49. The Hall–Kier alpha value is -2.91. The number of allylic oxidation sites excluding steroid dienone is 1. The SMILES string of the molecule is COc1ccc2nc(C=CC#Cc3ccc(N)nc3F)sc2c1. The maximum absolute atomic E-state index is 13.5. The molecule has 114 valence electrons. The van der Waals surface area contributed by atoms with Crippen molar-refractivity contribution in [2.75, 3.05) is 12.8 Å². The van der Waals surface area contributed by atoms with E-state index in [0.717, 1.165) is 21.0 Å². The number of pyridine rings is 1. The van der Waals surface area contributed by atoms with Gasteiger partial charge in [0.1, 0.15) is 16.6 Å². The molecule has 2 heterocycles. The van der Waals surface area contributed by atoms with Crippen molar-refractivity contribution in [1.29, 1.82) is 0 Å². The Labute approximate surface area is 136 Å². The molecule has 1 aromatic carbocycles. The molecule has 0 saturated heterocycles. The van der Waals surface area contributed by atoms with Gasteiger partial charge in [0.05, 0.1) is 22.9 Å². The zero-order chi connectivity index (χ0) is 16.2. The van der Waals surface area contributed by atoms with Gasteiger partial charge in [-0.1, -0.05) is 11.8 Å². The zero-order valence-electron chi connectivity index (χ0n) is 12.2. The van der Waals surface area contributed by atoms with E-state index < -0.39 is 5.95 Å². The van der Waals surface area contributed by atoms with E-state index in [0.29, 0.717) is 0 Å². The number of nitrogen functional groups attached to an aromatic ring is 1. The Kier molecular flexibility index (Phi) is 4.22. The number of benzene rings is 1. The van der Waals surface area contributed by atoms with Gasteiger partial charge in [0.2, 0.25) is 5.95 Å². The molecular weight excluding hydrogens is 313 g/mol. The fraction of sp³-hybridized carbons (Fsp3) is 0.0588. The number of hydrogen-bond acceptors (Lipinski definition) is 5. The van der Waals surface area contributed by atoms with Crippen LogP contribution in [0.3, 0.4) is 0 Å². The Morgan fingerprint density at radius 2 is 2.13 bits per heavy atom. The van der Waals surface area contributed by atoms with E-state index in [-0.39, 0.29) is 11.4 Å². The minimum Gasteiger partial charge on any atom is -0.497 e. The van der Waals surface area contributed by atoms with Crippen LogP contribution in [0, 0.1) is 17.8 Å². The number of aromatic nitrogens is 2. The van der Waals surface area contributed by atoms with Crippen LogP contribution in [0.4, 0.5) is 10.2 Å². The van der Waals surface area contributed by atoms with Crippen LogP contribution < -0.4 is 10.5 Å². The number of thiazole rings is 1. The van der Waals surface area contributed by atoms with E-state index in [9.17, 15) is 4.39 Å². The first kappa shape index (κ1) is 15.0. The lowest BCUT2D eigenvalue weighted by atomic mass is 10.2. The summed E-state index contributed by atoms with van der Waals surface area (Å²) >= 11 is 1.53. The van der Waals surface area contributed by atoms with Crippen molar-refractivity contribution in [2.24, 2.45) is 0 Å². The number of halogens is 1. The van der Waals surface area contributed by atoms with Gasteiger partial charge in [-0.2, -0.15) is 4.39 Å². The predicted octanol–water partition coefficient (Wildman–Crippen LogP) is 3.49. The van der Waals surface area contributed by atoms with Gasteiger partial charge in [-0.3, -0.25) is 0 Å². The average molecular weight is 325 g/mol. The molecule has 0 aliphatic rings. The van der Waals surface area contributed by atoms with Crippen molar-refractivity contribution in [3.05, 3.63) is 52.9 Å². The molecule has 2 N–H and O–H groups in total. The van der Waals surface area contributed by atoms with E-state index in [1.54, 1.807) is 19.3 Å². The van der Waals surface area contributed by atoms with Crippen LogP contribution in [-0.2, 0) is 0 Å². The highest BCUT2D eigenvalue weighted by Crippen LogP contribution is 2.26. The van der Waals surface area contributed by atoms with Crippen LogP contribution in [0.5, 0.6) is 5.75 Å². The lowest BCUT2D eigenvalue weighted by molar-refractivity contribution is 0.415. The first-order valence-electron chi connectivity index (χ1n) is 6.70. The monoisotopic (exact) mass is 325 g/mol. The smallest absolute Gasteiger partial charge is 0.230 e. The summed E-state index contributed by atoms with van der Waals surface area (Å²) in [6.45, 7) is 0. The highest BCUT2D eigenvalue weighted by atomic mass is 32.1. The Bertz CT molecular complexity index is 953. The van der Waals surface area contributed by atoms with Crippen molar-refractivity contribution in [3.8, 4) is 17.6 Å². The van der Waals surface area contributed by atoms with E-state index >= 15 is 0 Å². The second-order valence-electron chi connectivity index (χ2n) is 4.56. The summed E-state index contributed by atoms with van der Waals surface area (Å²) in [7, 11) is 1.63. The molecule has 4 nitrogen and oxygen atoms in total. The normalized spacial score (nSPS) is 10.7. The van der Waals surface area contributed by atoms with E-state index in [1.807, 2.05) is 18.2 Å². The van der Waals surface area contributed by atoms with E-state index in [2.05, 4.69) is 21.8 Å². The van der Waals surface area contributed by atoms with Crippen LogP contribution in [0.15, 0.2) is 36.4 Å². The first-order chi connectivity index (χ1) is 11.2. The standard InChI is InChI=1S/C17H12FN3OS/c1-22-12-7-8-13-14(10-12)23-16(20-13)5-3-2-4-11-6-9-15(19)21-17(11)18/h3,5-10H,1H3,(H2,19,21). The van der Waals surface area contributed by atoms with Crippen LogP contribution in [0.25, 0.3) is 16.3 Å². The molecule has 0 spiro atoms. The van der Waals surface area contributed by atoms with Crippen LogP contribution in [0.1, 0.15) is 10.6 Å². The van der Waals surface area contributed by atoms with Crippen LogP contribution >= 0.6 is 11.3 Å². The molecule has 0 amide bonds. The molecule has 0 saturated carbocycles. The number of methoxy groups -OCH3 is 1. The molecular formula is C17H12FN3OS. The first-order valence-corrected chi connectivity index (χ1v) is 7.52. The number of ether oxygens (including phenoxy) is 1. The van der Waals surface area contributed by atoms with Crippen molar-refractivity contribution >= 4 is 33.4 Å². The Morgan fingerprint density at radius 3 is 2.91 bits per heavy atom. The van der Waals surface area contributed by atoms with Gasteiger partial charge < -0.3 is 10.5 Å². The number of nitrogens with zero attached hydrogens (tertiary/aromatic N) is 2. The molecule has 3 rings (SSSR count). The minimum atomic E-state index is -0.669. The summed E-state index contributed by atoms with van der Waals surface area (Å²) in [6, 6.07) is 8.72. The molecule has 3 aromatic rings. The number of nitrogens with two attached hydrogens (primary N) is 1. The van der Waals surface area contributed by atoms with E-state index in [4.69, 9.17) is 10.5 Å². The number of fused-ring (bicyclic) bond motifs is 1. The van der Waals surface area contributed by atoms with Crippen molar-refractivity contribution < 1.29 is 9.13 Å². The van der Waals surface area contributed by atoms with Gasteiger partial charge in [0.25, 0.3) is 0 Å². The highest BCUT2D eigenvalue weighted by Gasteiger charge is 2.02. The summed E-state index contributed by atoms with van der Waals surface area (Å²) in [6.07, 6.45) is 3.41. The predicted molar refractivity (Wildman–Crippen MR) is 90.7 cm³/mol. The topological polar surface area (TPSA) is 61.0 Å². The number of rotatable bonds is 2.